The van der Waals surface area contributed by atoms with Crippen LogP contribution in [0.1, 0.15) is 21.7 Å². The van der Waals surface area contributed by atoms with Crippen molar-refractivity contribution in [1.29, 1.82) is 0 Å². The van der Waals surface area contributed by atoms with E-state index in [1.807, 2.05) is 0 Å². The number of aromatic nitrogens is 3. The van der Waals surface area contributed by atoms with Gasteiger partial charge in [-0.15, -0.1) is 0 Å². The van der Waals surface area contributed by atoms with E-state index in [0.29, 0.717) is 11.1 Å². The molecule has 2 aromatic heterocycles. The molecule has 5 nitrogen and oxygen atoms in total. The van der Waals surface area contributed by atoms with Gasteiger partial charge >= 0.3 is 6.18 Å². The Hall–Kier alpha value is -3.75. The van der Waals surface area contributed by atoms with E-state index in [2.05, 4.69) is 15.3 Å². The second-order valence-corrected chi connectivity index (χ2v) is 6.50. The number of hydrogen-bond donors (Lipinski definition) is 1. The Labute approximate surface area is 168 Å². The van der Waals surface area contributed by atoms with Gasteiger partial charge in [0.25, 0.3) is 5.91 Å². The molecule has 0 atom stereocenters. The summed E-state index contributed by atoms with van der Waals surface area (Å²) in [5, 5.41) is 2.68. The summed E-state index contributed by atoms with van der Waals surface area (Å²) in [6, 6.07) is 10.4. The third-order valence-corrected chi connectivity index (χ3v) is 4.48. The van der Waals surface area contributed by atoms with E-state index in [4.69, 9.17) is 0 Å². The molecule has 0 unspecified atom stereocenters. The first-order chi connectivity index (χ1) is 14.3. The van der Waals surface area contributed by atoms with Crippen LogP contribution < -0.4 is 5.32 Å². The Kier molecular flexibility index (Phi) is 4.94. The minimum atomic E-state index is -4.50. The zero-order valence-corrected chi connectivity index (χ0v) is 15.3. The highest BCUT2D eigenvalue weighted by Crippen LogP contribution is 2.33. The maximum atomic E-state index is 13.1. The Balaban J connectivity index is 1.69. The normalized spacial score (nSPS) is 11.6. The Bertz CT molecular complexity index is 1220. The monoisotopic (exact) mass is 414 g/mol. The Morgan fingerprint density at radius 1 is 1.10 bits per heavy atom. The summed E-state index contributed by atoms with van der Waals surface area (Å²) in [5.74, 6) is -0.914. The standard InChI is InChI=1S/C21H14F4N4O/c22-16-6-4-13(5-7-16)11-27-20(30)19-28-18(17-12-26-8-9-29(17)19)14-2-1-3-15(10-14)21(23,24)25/h1-10,12H,11H2,(H,27,30). The second kappa shape index (κ2) is 7.58. The number of amides is 1. The van der Waals surface area contributed by atoms with Crippen molar-refractivity contribution in [3.05, 3.63) is 89.9 Å². The molecule has 1 N–H and O–H groups in total. The van der Waals surface area contributed by atoms with Crippen LogP contribution in [0.15, 0.2) is 67.1 Å². The highest BCUT2D eigenvalue weighted by molar-refractivity contribution is 5.94. The maximum absolute atomic E-state index is 13.1. The van der Waals surface area contributed by atoms with Gasteiger partial charge in [0.15, 0.2) is 0 Å². The van der Waals surface area contributed by atoms with Crippen molar-refractivity contribution >= 4 is 11.4 Å². The molecule has 30 heavy (non-hydrogen) atoms. The number of nitrogens with one attached hydrogen (secondary N) is 1. The van der Waals surface area contributed by atoms with E-state index in [9.17, 15) is 22.4 Å². The fraction of sp³-hybridized carbons (Fsp3) is 0.0952. The molecule has 152 valence electrons. The highest BCUT2D eigenvalue weighted by atomic mass is 19.4. The van der Waals surface area contributed by atoms with Crippen molar-refractivity contribution < 1.29 is 22.4 Å². The second-order valence-electron chi connectivity index (χ2n) is 6.50. The maximum Gasteiger partial charge on any atom is 0.416 e. The van der Waals surface area contributed by atoms with Crippen LogP contribution in [-0.2, 0) is 12.7 Å². The third-order valence-electron chi connectivity index (χ3n) is 4.48. The number of rotatable bonds is 4. The van der Waals surface area contributed by atoms with Gasteiger partial charge in [0.1, 0.15) is 5.82 Å². The third kappa shape index (κ3) is 3.86. The lowest BCUT2D eigenvalue weighted by Crippen LogP contribution is -2.25. The molecule has 0 saturated heterocycles. The summed E-state index contributed by atoms with van der Waals surface area (Å²) in [4.78, 5) is 21.0. The van der Waals surface area contributed by atoms with Gasteiger partial charge < -0.3 is 5.32 Å². The topological polar surface area (TPSA) is 59.3 Å². The van der Waals surface area contributed by atoms with Crippen molar-refractivity contribution in [1.82, 2.24) is 19.7 Å². The van der Waals surface area contributed by atoms with Gasteiger partial charge in [0.05, 0.1) is 23.0 Å². The number of benzene rings is 2. The number of carbonyl (C=O) groups is 1. The molecule has 0 radical (unpaired) electrons. The molecule has 0 saturated carbocycles. The van der Waals surface area contributed by atoms with Crippen LogP contribution in [0.4, 0.5) is 17.6 Å². The van der Waals surface area contributed by atoms with Crippen molar-refractivity contribution in [2.24, 2.45) is 0 Å². The number of hydrogen-bond acceptors (Lipinski definition) is 3. The predicted octanol–water partition coefficient (Wildman–Crippen LogP) is 4.48. The summed E-state index contributed by atoms with van der Waals surface area (Å²) < 4.78 is 53.8. The van der Waals surface area contributed by atoms with Gasteiger partial charge in [0, 0.05) is 24.5 Å². The number of halogens is 4. The average Bonchev–Trinajstić information content (AvgIpc) is 3.12. The van der Waals surface area contributed by atoms with Gasteiger partial charge in [-0.1, -0.05) is 24.3 Å². The Morgan fingerprint density at radius 2 is 1.87 bits per heavy atom. The summed E-state index contributed by atoms with van der Waals surface area (Å²) in [6.07, 6.45) is -0.119. The van der Waals surface area contributed by atoms with Crippen molar-refractivity contribution in [2.45, 2.75) is 12.7 Å². The van der Waals surface area contributed by atoms with Crippen LogP contribution in [0.3, 0.4) is 0 Å². The van der Waals surface area contributed by atoms with Crippen molar-refractivity contribution in [3.8, 4) is 11.3 Å². The average molecular weight is 414 g/mol. The summed E-state index contributed by atoms with van der Waals surface area (Å²) in [6.45, 7) is 0.137. The van der Waals surface area contributed by atoms with Gasteiger partial charge in [-0.05, 0) is 29.8 Å². The fourth-order valence-corrected chi connectivity index (χ4v) is 3.02. The van der Waals surface area contributed by atoms with Crippen LogP contribution in [-0.4, -0.2) is 20.3 Å². The van der Waals surface area contributed by atoms with Gasteiger partial charge in [-0.25, -0.2) is 9.37 Å². The fourth-order valence-electron chi connectivity index (χ4n) is 3.02. The smallest absolute Gasteiger partial charge is 0.345 e. The number of nitrogens with zero attached hydrogens (tertiary/aromatic N) is 3. The van der Waals surface area contributed by atoms with E-state index in [1.165, 1.54) is 59.4 Å². The van der Waals surface area contributed by atoms with Gasteiger partial charge in [-0.3, -0.25) is 14.2 Å². The van der Waals surface area contributed by atoms with E-state index in [1.54, 1.807) is 0 Å². The molecule has 0 aliphatic carbocycles. The minimum absolute atomic E-state index is 0.00178. The molecule has 2 aromatic carbocycles. The Morgan fingerprint density at radius 3 is 2.60 bits per heavy atom. The molecule has 2 heterocycles. The first kappa shape index (κ1) is 19.6. The van der Waals surface area contributed by atoms with E-state index < -0.39 is 17.6 Å². The van der Waals surface area contributed by atoms with E-state index >= 15 is 0 Å². The van der Waals surface area contributed by atoms with Crippen LogP contribution in [0.25, 0.3) is 16.8 Å². The van der Waals surface area contributed by atoms with E-state index in [0.717, 1.165) is 12.1 Å². The SMILES string of the molecule is O=C(NCc1ccc(F)cc1)c1nc(-c2cccc(C(F)(F)F)c2)c2cnccn12. The lowest BCUT2D eigenvalue weighted by atomic mass is 10.1. The minimum Gasteiger partial charge on any atom is -0.345 e. The lowest BCUT2D eigenvalue weighted by Gasteiger charge is -2.07. The molecule has 4 rings (SSSR count). The lowest BCUT2D eigenvalue weighted by molar-refractivity contribution is -0.137. The van der Waals surface area contributed by atoms with E-state index in [-0.39, 0.29) is 29.4 Å². The molecule has 4 aromatic rings. The largest absolute Gasteiger partial charge is 0.416 e. The predicted molar refractivity (Wildman–Crippen MR) is 101 cm³/mol. The molecule has 1 amide bonds. The quantitative estimate of drug-likeness (QED) is 0.501. The summed E-state index contributed by atoms with van der Waals surface area (Å²) >= 11 is 0. The zero-order valence-electron chi connectivity index (χ0n) is 15.3. The molecular weight excluding hydrogens is 400 g/mol. The van der Waals surface area contributed by atoms with Gasteiger partial charge in [0.2, 0.25) is 5.82 Å². The van der Waals surface area contributed by atoms with Crippen molar-refractivity contribution in [2.75, 3.05) is 0 Å². The molecule has 0 bridgehead atoms. The first-order valence-electron chi connectivity index (χ1n) is 8.85. The van der Waals surface area contributed by atoms with Gasteiger partial charge in [-0.2, -0.15) is 13.2 Å². The summed E-state index contributed by atoms with van der Waals surface area (Å²) in [7, 11) is 0. The zero-order chi connectivity index (χ0) is 21.3. The molecule has 0 spiro atoms. The number of fused-ring (bicyclic) bond motifs is 1. The van der Waals surface area contributed by atoms with Crippen LogP contribution in [0, 0.1) is 5.82 Å². The molecule has 0 aliphatic rings. The number of carbonyl (C=O) groups excluding carboxylic acids is 1. The van der Waals surface area contributed by atoms with Crippen LogP contribution >= 0.6 is 0 Å². The molecule has 0 aliphatic heterocycles. The molecular formula is C21H14F4N4O. The first-order valence-corrected chi connectivity index (χ1v) is 8.85. The van der Waals surface area contributed by atoms with Crippen LogP contribution in [0.5, 0.6) is 0 Å². The molecule has 0 fully saturated rings. The van der Waals surface area contributed by atoms with Crippen molar-refractivity contribution in [3.63, 3.8) is 0 Å². The number of imidazole rings is 1. The highest BCUT2D eigenvalue weighted by Gasteiger charge is 2.31. The number of alkyl halides is 3. The summed E-state index contributed by atoms with van der Waals surface area (Å²) in [5.41, 5.74) is 0.690. The van der Waals surface area contributed by atoms with Crippen LogP contribution in [0.2, 0.25) is 0 Å². The molecule has 9 heteroatoms.